The zero-order chi connectivity index (χ0) is 16.3. The highest BCUT2D eigenvalue weighted by Gasteiger charge is 2.18. The maximum Gasteiger partial charge on any atom is 0.344 e. The van der Waals surface area contributed by atoms with Crippen molar-refractivity contribution in [1.29, 1.82) is 0 Å². The lowest BCUT2D eigenvalue weighted by Crippen LogP contribution is -2.34. The Labute approximate surface area is 140 Å². The molecule has 0 radical (unpaired) electrons. The Morgan fingerprint density at radius 1 is 1.27 bits per heavy atom. The molecule has 0 saturated carbocycles. The number of aryl methyl sites for hydroxylation is 2. The molecule has 0 atom stereocenters. The SMILES string of the molecule is CCN(CC)C(=O)n1cc(Cl)c(Sc2c(C)cccc2C)n1. The van der Waals surface area contributed by atoms with Crippen molar-refractivity contribution in [3.63, 3.8) is 0 Å². The van der Waals surface area contributed by atoms with Crippen molar-refractivity contribution in [2.75, 3.05) is 13.1 Å². The summed E-state index contributed by atoms with van der Waals surface area (Å²) in [5.41, 5.74) is 2.34. The van der Waals surface area contributed by atoms with E-state index in [9.17, 15) is 4.79 Å². The Kier molecular flexibility index (Phi) is 5.53. The maximum absolute atomic E-state index is 12.3. The molecule has 2 rings (SSSR count). The number of hydrogen-bond donors (Lipinski definition) is 0. The molecule has 0 unspecified atom stereocenters. The molecule has 0 N–H and O–H groups in total. The molecule has 2 aromatic rings. The third-order valence-electron chi connectivity index (χ3n) is 3.48. The number of carbonyl (C=O) groups is 1. The molecule has 0 aliphatic carbocycles. The van der Waals surface area contributed by atoms with E-state index in [-0.39, 0.29) is 6.03 Å². The first-order valence-electron chi connectivity index (χ1n) is 7.26. The minimum absolute atomic E-state index is 0.153. The number of rotatable bonds is 4. The Morgan fingerprint density at radius 3 is 2.41 bits per heavy atom. The van der Waals surface area contributed by atoms with Crippen LogP contribution in [0.1, 0.15) is 25.0 Å². The van der Waals surface area contributed by atoms with Crippen LogP contribution in [0.25, 0.3) is 0 Å². The summed E-state index contributed by atoms with van der Waals surface area (Å²) in [6.07, 6.45) is 1.58. The average molecular weight is 338 g/mol. The Bertz CT molecular complexity index is 660. The lowest BCUT2D eigenvalue weighted by atomic mass is 10.2. The van der Waals surface area contributed by atoms with E-state index < -0.39 is 0 Å². The van der Waals surface area contributed by atoms with Crippen LogP contribution in [0.5, 0.6) is 0 Å². The lowest BCUT2D eigenvalue weighted by Gasteiger charge is -2.17. The molecule has 1 aromatic heterocycles. The number of nitrogens with zero attached hydrogens (tertiary/aromatic N) is 3. The fourth-order valence-corrected chi connectivity index (χ4v) is 3.38. The van der Waals surface area contributed by atoms with Gasteiger partial charge in [-0.25, -0.2) is 4.79 Å². The molecular weight excluding hydrogens is 318 g/mol. The summed E-state index contributed by atoms with van der Waals surface area (Å²) in [6.45, 7) is 9.29. The van der Waals surface area contributed by atoms with E-state index in [4.69, 9.17) is 11.6 Å². The molecule has 1 aromatic carbocycles. The Morgan fingerprint density at radius 2 is 1.86 bits per heavy atom. The minimum Gasteiger partial charge on any atom is -0.323 e. The van der Waals surface area contributed by atoms with E-state index in [0.29, 0.717) is 23.1 Å². The molecule has 0 bridgehead atoms. The summed E-state index contributed by atoms with van der Waals surface area (Å²) in [6, 6.07) is 5.99. The van der Waals surface area contributed by atoms with E-state index in [1.165, 1.54) is 27.6 Å². The molecule has 118 valence electrons. The molecule has 4 nitrogen and oxygen atoms in total. The molecule has 0 spiro atoms. The maximum atomic E-state index is 12.3. The predicted molar refractivity (Wildman–Crippen MR) is 91.0 cm³/mol. The first-order chi connectivity index (χ1) is 10.5. The quantitative estimate of drug-likeness (QED) is 0.817. The number of benzene rings is 1. The Balaban J connectivity index is 2.29. The van der Waals surface area contributed by atoms with Crippen LogP contribution in [0, 0.1) is 13.8 Å². The molecule has 0 saturated heterocycles. The van der Waals surface area contributed by atoms with Gasteiger partial charge in [-0.2, -0.15) is 9.78 Å². The monoisotopic (exact) mass is 337 g/mol. The van der Waals surface area contributed by atoms with Gasteiger partial charge in [-0.3, -0.25) is 0 Å². The highest BCUT2D eigenvalue weighted by Crippen LogP contribution is 2.35. The fourth-order valence-electron chi connectivity index (χ4n) is 2.20. The van der Waals surface area contributed by atoms with Gasteiger partial charge in [0.05, 0.1) is 11.2 Å². The molecule has 1 amide bonds. The van der Waals surface area contributed by atoms with E-state index in [0.717, 1.165) is 4.90 Å². The van der Waals surface area contributed by atoms with Crippen molar-refractivity contribution < 1.29 is 4.79 Å². The summed E-state index contributed by atoms with van der Waals surface area (Å²) in [5.74, 6) is 0. The van der Waals surface area contributed by atoms with Gasteiger partial charge in [-0.1, -0.05) is 41.6 Å². The number of halogens is 1. The summed E-state index contributed by atoms with van der Waals surface area (Å²) in [4.78, 5) is 15.2. The summed E-state index contributed by atoms with van der Waals surface area (Å²) in [7, 11) is 0. The van der Waals surface area contributed by atoms with Gasteiger partial charge in [0, 0.05) is 18.0 Å². The second-order valence-corrected chi connectivity index (χ2v) is 6.41. The largest absolute Gasteiger partial charge is 0.344 e. The van der Waals surface area contributed by atoms with Crippen LogP contribution in [0.3, 0.4) is 0 Å². The number of carbonyl (C=O) groups excluding carboxylic acids is 1. The predicted octanol–water partition coefficient (Wildman–Crippen LogP) is 4.61. The zero-order valence-electron chi connectivity index (χ0n) is 13.3. The van der Waals surface area contributed by atoms with Crippen molar-refractivity contribution in [3.05, 3.63) is 40.5 Å². The molecule has 1 heterocycles. The van der Waals surface area contributed by atoms with Gasteiger partial charge in [0.2, 0.25) is 0 Å². The standard InChI is InChI=1S/C16H20ClN3OS/c1-5-19(6-2)16(21)20-10-13(17)15(18-20)22-14-11(3)8-7-9-12(14)4/h7-10H,5-6H2,1-4H3. The molecule has 0 aliphatic rings. The topological polar surface area (TPSA) is 38.1 Å². The van der Waals surface area contributed by atoms with Crippen molar-refractivity contribution in [2.45, 2.75) is 37.6 Å². The summed E-state index contributed by atoms with van der Waals surface area (Å²) >= 11 is 7.76. The van der Waals surface area contributed by atoms with Gasteiger partial charge in [-0.05, 0) is 38.8 Å². The van der Waals surface area contributed by atoms with Crippen molar-refractivity contribution >= 4 is 29.4 Å². The van der Waals surface area contributed by atoms with Crippen LogP contribution in [0.4, 0.5) is 4.79 Å². The molecule has 0 fully saturated rings. The van der Waals surface area contributed by atoms with Crippen molar-refractivity contribution in [1.82, 2.24) is 14.7 Å². The van der Waals surface area contributed by atoms with E-state index >= 15 is 0 Å². The zero-order valence-corrected chi connectivity index (χ0v) is 14.8. The molecule has 22 heavy (non-hydrogen) atoms. The summed E-state index contributed by atoms with van der Waals surface area (Å²) < 4.78 is 1.32. The van der Waals surface area contributed by atoms with Crippen LogP contribution in [-0.4, -0.2) is 33.8 Å². The average Bonchev–Trinajstić information content (AvgIpc) is 2.85. The van der Waals surface area contributed by atoms with Crippen LogP contribution in [-0.2, 0) is 0 Å². The van der Waals surface area contributed by atoms with Crippen LogP contribution in [0.15, 0.2) is 34.3 Å². The van der Waals surface area contributed by atoms with Gasteiger partial charge in [0.25, 0.3) is 0 Å². The van der Waals surface area contributed by atoms with Crippen molar-refractivity contribution in [3.8, 4) is 0 Å². The molecular formula is C16H20ClN3OS. The van der Waals surface area contributed by atoms with Gasteiger partial charge < -0.3 is 4.90 Å². The van der Waals surface area contributed by atoms with Crippen LogP contribution >= 0.6 is 23.4 Å². The summed E-state index contributed by atoms with van der Waals surface area (Å²) in [5, 5.41) is 5.51. The number of hydrogen-bond acceptors (Lipinski definition) is 3. The minimum atomic E-state index is -0.153. The van der Waals surface area contributed by atoms with Gasteiger partial charge >= 0.3 is 6.03 Å². The Hall–Kier alpha value is -1.46. The smallest absolute Gasteiger partial charge is 0.323 e. The fraction of sp³-hybridized carbons (Fsp3) is 0.375. The number of amides is 1. The highest BCUT2D eigenvalue weighted by atomic mass is 35.5. The van der Waals surface area contributed by atoms with Gasteiger partial charge in [0.1, 0.15) is 5.03 Å². The third-order valence-corrected chi connectivity index (χ3v) is 5.21. The van der Waals surface area contributed by atoms with Crippen LogP contribution in [0.2, 0.25) is 5.02 Å². The highest BCUT2D eigenvalue weighted by molar-refractivity contribution is 7.99. The van der Waals surface area contributed by atoms with E-state index in [2.05, 4.69) is 31.1 Å². The van der Waals surface area contributed by atoms with E-state index in [1.54, 1.807) is 11.1 Å². The van der Waals surface area contributed by atoms with Gasteiger partial charge in [-0.15, -0.1) is 0 Å². The van der Waals surface area contributed by atoms with E-state index in [1.807, 2.05) is 19.9 Å². The second-order valence-electron chi connectivity index (χ2n) is 5.00. The second kappa shape index (κ2) is 7.20. The first kappa shape index (κ1) is 16.9. The number of aromatic nitrogens is 2. The lowest BCUT2D eigenvalue weighted by molar-refractivity contribution is 0.201. The first-order valence-corrected chi connectivity index (χ1v) is 8.45. The van der Waals surface area contributed by atoms with Crippen LogP contribution < -0.4 is 0 Å². The molecule has 0 aliphatic heterocycles. The van der Waals surface area contributed by atoms with Gasteiger partial charge in [0.15, 0.2) is 0 Å². The molecule has 6 heteroatoms. The third kappa shape index (κ3) is 3.47. The normalized spacial score (nSPS) is 10.8. The van der Waals surface area contributed by atoms with Crippen molar-refractivity contribution in [2.24, 2.45) is 0 Å².